The minimum absolute atomic E-state index is 0.491. The van der Waals surface area contributed by atoms with E-state index < -0.39 is 0 Å². The molecule has 0 atom stereocenters. The van der Waals surface area contributed by atoms with Gasteiger partial charge in [0.2, 0.25) is 0 Å². The van der Waals surface area contributed by atoms with E-state index in [4.69, 9.17) is 0 Å². The standard InChI is InChI=1S/C17H30S/c1-4-7-8-9-14-17(12-5-2,13-6-3)16-11-10-15-18-16/h10-11,15H,4-9,12-14H2,1-3H3. The Hall–Kier alpha value is -0.300. The molecular formula is C17H30S. The van der Waals surface area contributed by atoms with Gasteiger partial charge in [0.05, 0.1) is 0 Å². The number of rotatable bonds is 10. The Kier molecular flexibility index (Phi) is 7.65. The van der Waals surface area contributed by atoms with Crippen molar-refractivity contribution in [2.24, 2.45) is 0 Å². The maximum absolute atomic E-state index is 2.37. The molecular weight excluding hydrogens is 236 g/mol. The van der Waals surface area contributed by atoms with E-state index in [0.29, 0.717) is 5.41 Å². The topological polar surface area (TPSA) is 0 Å². The van der Waals surface area contributed by atoms with Crippen molar-refractivity contribution in [3.8, 4) is 0 Å². The molecule has 0 radical (unpaired) electrons. The van der Waals surface area contributed by atoms with Crippen LogP contribution >= 0.6 is 11.3 Å². The van der Waals surface area contributed by atoms with Crippen LogP contribution in [0, 0.1) is 0 Å². The van der Waals surface area contributed by atoms with E-state index in [2.05, 4.69) is 38.3 Å². The fourth-order valence-corrected chi connectivity index (χ4v) is 4.19. The average molecular weight is 266 g/mol. The summed E-state index contributed by atoms with van der Waals surface area (Å²) in [5, 5.41) is 2.25. The van der Waals surface area contributed by atoms with E-state index in [1.54, 1.807) is 4.88 Å². The Morgan fingerprint density at radius 2 is 1.61 bits per heavy atom. The molecule has 1 aromatic heterocycles. The van der Waals surface area contributed by atoms with E-state index in [1.165, 1.54) is 57.8 Å². The molecule has 1 heteroatoms. The summed E-state index contributed by atoms with van der Waals surface area (Å²) < 4.78 is 0. The highest BCUT2D eigenvalue weighted by Gasteiger charge is 2.30. The molecule has 0 spiro atoms. The lowest BCUT2D eigenvalue weighted by Gasteiger charge is -2.33. The second-order valence-electron chi connectivity index (χ2n) is 5.57. The lowest BCUT2D eigenvalue weighted by molar-refractivity contribution is 0.323. The van der Waals surface area contributed by atoms with Gasteiger partial charge in [-0.3, -0.25) is 0 Å². The lowest BCUT2D eigenvalue weighted by Crippen LogP contribution is -2.24. The Bertz CT molecular complexity index is 281. The summed E-state index contributed by atoms with van der Waals surface area (Å²) in [7, 11) is 0. The van der Waals surface area contributed by atoms with Crippen LogP contribution < -0.4 is 0 Å². The molecule has 0 saturated heterocycles. The minimum atomic E-state index is 0.491. The minimum Gasteiger partial charge on any atom is -0.148 e. The highest BCUT2D eigenvalue weighted by atomic mass is 32.1. The Labute approximate surface area is 118 Å². The van der Waals surface area contributed by atoms with E-state index in [1.807, 2.05) is 11.3 Å². The number of hydrogen-bond donors (Lipinski definition) is 0. The molecule has 0 bridgehead atoms. The van der Waals surface area contributed by atoms with Crippen molar-refractivity contribution in [2.75, 3.05) is 0 Å². The predicted octanol–water partition coefficient (Wildman–Crippen LogP) is 6.56. The first kappa shape index (κ1) is 15.8. The van der Waals surface area contributed by atoms with Crippen molar-refractivity contribution >= 4 is 11.3 Å². The van der Waals surface area contributed by atoms with Gasteiger partial charge in [-0.2, -0.15) is 0 Å². The Morgan fingerprint density at radius 1 is 0.889 bits per heavy atom. The van der Waals surface area contributed by atoms with Crippen LogP contribution in [-0.2, 0) is 5.41 Å². The van der Waals surface area contributed by atoms with Crippen molar-refractivity contribution in [3.63, 3.8) is 0 Å². The predicted molar refractivity (Wildman–Crippen MR) is 84.6 cm³/mol. The molecule has 0 N–H and O–H groups in total. The van der Waals surface area contributed by atoms with Crippen molar-refractivity contribution in [3.05, 3.63) is 22.4 Å². The summed E-state index contributed by atoms with van der Waals surface area (Å²) >= 11 is 1.97. The lowest BCUT2D eigenvalue weighted by atomic mass is 9.74. The third-order valence-electron chi connectivity index (χ3n) is 4.01. The SMILES string of the molecule is CCCCCCC(CCC)(CCC)c1cccs1. The average Bonchev–Trinajstić information content (AvgIpc) is 2.89. The highest BCUT2D eigenvalue weighted by molar-refractivity contribution is 7.10. The first-order valence-corrected chi connectivity index (χ1v) is 8.71. The van der Waals surface area contributed by atoms with Crippen molar-refractivity contribution in [1.82, 2.24) is 0 Å². The zero-order valence-electron chi connectivity index (χ0n) is 12.5. The normalized spacial score (nSPS) is 11.9. The maximum atomic E-state index is 2.37. The molecule has 0 saturated carbocycles. The highest BCUT2D eigenvalue weighted by Crippen LogP contribution is 2.41. The van der Waals surface area contributed by atoms with Gasteiger partial charge in [-0.15, -0.1) is 11.3 Å². The van der Waals surface area contributed by atoms with Gasteiger partial charge in [0.1, 0.15) is 0 Å². The van der Waals surface area contributed by atoms with Crippen molar-refractivity contribution in [2.45, 2.75) is 84.0 Å². The molecule has 0 fully saturated rings. The van der Waals surface area contributed by atoms with Gasteiger partial charge in [0.25, 0.3) is 0 Å². The van der Waals surface area contributed by atoms with Crippen LogP contribution in [0.1, 0.15) is 83.4 Å². The molecule has 0 aliphatic carbocycles. The molecule has 0 aliphatic heterocycles. The molecule has 0 aliphatic rings. The van der Waals surface area contributed by atoms with E-state index >= 15 is 0 Å². The molecule has 0 nitrogen and oxygen atoms in total. The number of hydrogen-bond acceptors (Lipinski definition) is 1. The van der Waals surface area contributed by atoms with Crippen LogP contribution in [0.2, 0.25) is 0 Å². The fraction of sp³-hybridized carbons (Fsp3) is 0.765. The summed E-state index contributed by atoms with van der Waals surface area (Å²) in [5.74, 6) is 0. The third kappa shape index (κ3) is 4.42. The van der Waals surface area contributed by atoms with Crippen LogP contribution in [0.3, 0.4) is 0 Å². The fourth-order valence-electron chi connectivity index (χ4n) is 3.17. The molecule has 1 rings (SSSR count). The summed E-state index contributed by atoms with van der Waals surface area (Å²) in [5.41, 5.74) is 0.491. The Balaban J connectivity index is 2.71. The monoisotopic (exact) mass is 266 g/mol. The van der Waals surface area contributed by atoms with Gasteiger partial charge in [0, 0.05) is 10.3 Å². The molecule has 18 heavy (non-hydrogen) atoms. The molecule has 0 amide bonds. The summed E-state index contributed by atoms with van der Waals surface area (Å²) in [6.07, 6.45) is 12.3. The third-order valence-corrected chi connectivity index (χ3v) is 5.13. The summed E-state index contributed by atoms with van der Waals surface area (Å²) in [4.78, 5) is 1.64. The van der Waals surface area contributed by atoms with E-state index in [9.17, 15) is 0 Å². The largest absolute Gasteiger partial charge is 0.148 e. The van der Waals surface area contributed by atoms with Crippen LogP contribution in [0.25, 0.3) is 0 Å². The zero-order chi connectivity index (χ0) is 13.3. The quantitative estimate of drug-likeness (QED) is 0.421. The van der Waals surface area contributed by atoms with Gasteiger partial charge >= 0.3 is 0 Å². The molecule has 1 heterocycles. The summed E-state index contributed by atoms with van der Waals surface area (Å²) in [6.45, 7) is 6.97. The van der Waals surface area contributed by atoms with Crippen LogP contribution in [0.15, 0.2) is 17.5 Å². The summed E-state index contributed by atoms with van der Waals surface area (Å²) in [6, 6.07) is 4.60. The van der Waals surface area contributed by atoms with Crippen molar-refractivity contribution in [1.29, 1.82) is 0 Å². The molecule has 1 aromatic rings. The second-order valence-corrected chi connectivity index (χ2v) is 6.52. The van der Waals surface area contributed by atoms with Gasteiger partial charge < -0.3 is 0 Å². The number of unbranched alkanes of at least 4 members (excludes halogenated alkanes) is 3. The van der Waals surface area contributed by atoms with E-state index in [-0.39, 0.29) is 0 Å². The van der Waals surface area contributed by atoms with Gasteiger partial charge in [0.15, 0.2) is 0 Å². The van der Waals surface area contributed by atoms with Gasteiger partial charge in [-0.1, -0.05) is 65.4 Å². The van der Waals surface area contributed by atoms with Crippen molar-refractivity contribution < 1.29 is 0 Å². The van der Waals surface area contributed by atoms with Gasteiger partial charge in [-0.25, -0.2) is 0 Å². The van der Waals surface area contributed by atoms with Crippen LogP contribution in [0.5, 0.6) is 0 Å². The zero-order valence-corrected chi connectivity index (χ0v) is 13.3. The Morgan fingerprint density at radius 3 is 2.11 bits per heavy atom. The molecule has 0 aromatic carbocycles. The van der Waals surface area contributed by atoms with Crippen LogP contribution in [-0.4, -0.2) is 0 Å². The number of thiophene rings is 1. The van der Waals surface area contributed by atoms with E-state index in [0.717, 1.165) is 0 Å². The first-order valence-electron chi connectivity index (χ1n) is 7.83. The molecule has 0 unspecified atom stereocenters. The first-order chi connectivity index (χ1) is 8.79. The maximum Gasteiger partial charge on any atom is 0.0107 e. The van der Waals surface area contributed by atoms with Crippen LogP contribution in [0.4, 0.5) is 0 Å². The smallest absolute Gasteiger partial charge is 0.0107 e. The molecule has 104 valence electrons. The van der Waals surface area contributed by atoms with Gasteiger partial charge in [-0.05, 0) is 30.7 Å². The second kappa shape index (κ2) is 8.74.